The quantitative estimate of drug-likeness (QED) is 0.435. The van der Waals surface area contributed by atoms with Crippen LogP contribution in [-0.2, 0) is 9.59 Å². The largest absolute Gasteiger partial charge is 0.481 e. The lowest BCUT2D eigenvalue weighted by atomic mass is 10.2. The molecule has 6 nitrogen and oxygen atoms in total. The van der Waals surface area contributed by atoms with Gasteiger partial charge < -0.3 is 20.4 Å². The first kappa shape index (κ1) is 25.8. The van der Waals surface area contributed by atoms with Crippen LogP contribution < -0.4 is 0 Å². The third-order valence-electron chi connectivity index (χ3n) is 2.59. The summed E-state index contributed by atoms with van der Waals surface area (Å²) in [6.07, 6.45) is 9.11. The van der Waals surface area contributed by atoms with Crippen LogP contribution in [-0.4, -0.2) is 45.6 Å². The average molecular weight is 322 g/mol. The molecule has 0 atom stereocenters. The fourth-order valence-corrected chi connectivity index (χ4v) is 1.41. The topological polar surface area (TPSA) is 115 Å². The molecule has 0 bridgehead atoms. The summed E-state index contributed by atoms with van der Waals surface area (Å²) in [5, 5.41) is 31.7. The molecule has 0 aliphatic heterocycles. The maximum Gasteiger partial charge on any atom is 0.303 e. The standard InChI is InChI=1S/2C7H14O2.C2H6O2/c2*1-2-3-4-5-6-7(8)9;3-1-2-4/h2*2-6H2,1H3,(H,8,9);3-4H,1-2H2. The fourth-order valence-electron chi connectivity index (χ4n) is 1.41. The number of aliphatic hydroxyl groups excluding tert-OH is 2. The zero-order valence-corrected chi connectivity index (χ0v) is 14.1. The van der Waals surface area contributed by atoms with Crippen LogP contribution in [0.25, 0.3) is 0 Å². The smallest absolute Gasteiger partial charge is 0.303 e. The molecule has 0 aliphatic carbocycles. The van der Waals surface area contributed by atoms with Gasteiger partial charge in [0.2, 0.25) is 0 Å². The van der Waals surface area contributed by atoms with Crippen molar-refractivity contribution >= 4 is 11.9 Å². The van der Waals surface area contributed by atoms with E-state index in [0.29, 0.717) is 12.8 Å². The van der Waals surface area contributed by atoms with E-state index >= 15 is 0 Å². The van der Waals surface area contributed by atoms with Crippen LogP contribution in [0.1, 0.15) is 78.1 Å². The number of unbranched alkanes of at least 4 members (excludes halogenated alkanes) is 6. The minimum atomic E-state index is -0.675. The SMILES string of the molecule is CCCCCCC(=O)O.CCCCCCC(=O)O.OCCO. The fraction of sp³-hybridized carbons (Fsp3) is 0.875. The molecule has 22 heavy (non-hydrogen) atoms. The molecule has 0 radical (unpaired) electrons. The highest BCUT2D eigenvalue weighted by molar-refractivity contribution is 5.66. The lowest BCUT2D eigenvalue weighted by Gasteiger charge is -1.92. The maximum absolute atomic E-state index is 9.96. The summed E-state index contributed by atoms with van der Waals surface area (Å²) in [5.74, 6) is -1.35. The van der Waals surface area contributed by atoms with E-state index in [4.69, 9.17) is 20.4 Å². The monoisotopic (exact) mass is 322 g/mol. The molecule has 0 aromatic rings. The van der Waals surface area contributed by atoms with Crippen LogP contribution in [0, 0.1) is 0 Å². The molecule has 0 aromatic heterocycles. The molecule has 0 unspecified atom stereocenters. The van der Waals surface area contributed by atoms with Gasteiger partial charge in [-0.1, -0.05) is 52.4 Å². The normalized spacial score (nSPS) is 9.09. The van der Waals surface area contributed by atoms with Crippen LogP contribution in [0.15, 0.2) is 0 Å². The number of aliphatic hydroxyl groups is 2. The number of hydrogen-bond acceptors (Lipinski definition) is 4. The zero-order chi connectivity index (χ0) is 17.6. The van der Waals surface area contributed by atoms with E-state index in [1.54, 1.807) is 0 Å². The molecular weight excluding hydrogens is 288 g/mol. The van der Waals surface area contributed by atoms with Gasteiger partial charge in [-0.25, -0.2) is 0 Å². The van der Waals surface area contributed by atoms with E-state index in [1.165, 1.54) is 12.8 Å². The molecule has 0 heterocycles. The number of aliphatic carboxylic acids is 2. The van der Waals surface area contributed by atoms with Gasteiger partial charge in [0, 0.05) is 12.8 Å². The van der Waals surface area contributed by atoms with Crippen molar-refractivity contribution in [3.8, 4) is 0 Å². The summed E-state index contributed by atoms with van der Waals surface area (Å²) in [6, 6.07) is 0. The Balaban J connectivity index is -0.000000266. The minimum Gasteiger partial charge on any atom is -0.481 e. The van der Waals surface area contributed by atoms with Crippen molar-refractivity contribution in [1.29, 1.82) is 0 Å². The summed E-state index contributed by atoms with van der Waals surface area (Å²) in [4.78, 5) is 19.9. The third-order valence-corrected chi connectivity index (χ3v) is 2.59. The molecule has 0 aromatic carbocycles. The first-order valence-electron chi connectivity index (χ1n) is 8.11. The third kappa shape index (κ3) is 42.8. The van der Waals surface area contributed by atoms with Gasteiger partial charge in [-0.15, -0.1) is 0 Å². The number of rotatable bonds is 11. The molecule has 0 saturated carbocycles. The Morgan fingerprint density at radius 2 is 0.955 bits per heavy atom. The number of carboxylic acids is 2. The number of carbonyl (C=O) groups is 2. The predicted molar refractivity (Wildman–Crippen MR) is 87.0 cm³/mol. The molecule has 0 rings (SSSR count). The number of carboxylic acid groups (broad SMARTS) is 2. The molecular formula is C16H34O6. The first-order valence-corrected chi connectivity index (χ1v) is 8.11. The van der Waals surface area contributed by atoms with Gasteiger partial charge in [-0.05, 0) is 12.8 Å². The maximum atomic E-state index is 9.96. The van der Waals surface area contributed by atoms with Gasteiger partial charge in [-0.2, -0.15) is 0 Å². The summed E-state index contributed by atoms with van der Waals surface area (Å²) in [7, 11) is 0. The Bertz CT molecular complexity index is 207. The lowest BCUT2D eigenvalue weighted by Crippen LogP contribution is -1.92. The Morgan fingerprint density at radius 3 is 1.14 bits per heavy atom. The van der Waals surface area contributed by atoms with Gasteiger partial charge in [-0.3, -0.25) is 9.59 Å². The second-order valence-corrected chi connectivity index (χ2v) is 4.86. The van der Waals surface area contributed by atoms with E-state index in [0.717, 1.165) is 38.5 Å². The Morgan fingerprint density at radius 1 is 0.636 bits per heavy atom. The van der Waals surface area contributed by atoms with E-state index in [9.17, 15) is 9.59 Å². The first-order chi connectivity index (χ1) is 10.5. The lowest BCUT2D eigenvalue weighted by molar-refractivity contribution is -0.138. The summed E-state index contributed by atoms with van der Waals surface area (Å²) in [6.45, 7) is 3.97. The molecule has 4 N–H and O–H groups in total. The van der Waals surface area contributed by atoms with E-state index < -0.39 is 11.9 Å². The van der Waals surface area contributed by atoms with E-state index in [1.807, 2.05) is 0 Å². The average Bonchev–Trinajstić information content (AvgIpc) is 2.49. The summed E-state index contributed by atoms with van der Waals surface area (Å²) < 4.78 is 0. The van der Waals surface area contributed by atoms with Crippen molar-refractivity contribution in [2.75, 3.05) is 13.2 Å². The van der Waals surface area contributed by atoms with Gasteiger partial charge in [0.05, 0.1) is 13.2 Å². The van der Waals surface area contributed by atoms with Gasteiger partial charge >= 0.3 is 11.9 Å². The highest BCUT2D eigenvalue weighted by atomic mass is 16.4. The van der Waals surface area contributed by atoms with Crippen molar-refractivity contribution in [2.45, 2.75) is 78.1 Å². The Hall–Kier alpha value is -1.14. The molecule has 0 fully saturated rings. The molecule has 0 amide bonds. The van der Waals surface area contributed by atoms with Crippen LogP contribution in [0.5, 0.6) is 0 Å². The van der Waals surface area contributed by atoms with Crippen LogP contribution in [0.3, 0.4) is 0 Å². The Labute approximate surface area is 134 Å². The predicted octanol–water partition coefficient (Wildman–Crippen LogP) is 3.05. The van der Waals surface area contributed by atoms with E-state index in [-0.39, 0.29) is 13.2 Å². The van der Waals surface area contributed by atoms with Crippen molar-refractivity contribution in [3.63, 3.8) is 0 Å². The van der Waals surface area contributed by atoms with Crippen molar-refractivity contribution in [2.24, 2.45) is 0 Å². The summed E-state index contributed by atoms with van der Waals surface area (Å²) in [5.41, 5.74) is 0. The number of hydrogen-bond donors (Lipinski definition) is 4. The molecule has 134 valence electrons. The molecule has 0 aliphatic rings. The highest BCUT2D eigenvalue weighted by Gasteiger charge is 1.94. The second-order valence-electron chi connectivity index (χ2n) is 4.86. The minimum absolute atomic E-state index is 0.125. The van der Waals surface area contributed by atoms with Gasteiger partial charge in [0.1, 0.15) is 0 Å². The van der Waals surface area contributed by atoms with Gasteiger partial charge in [0.15, 0.2) is 0 Å². The Kier molecular flexibility index (Phi) is 29.1. The van der Waals surface area contributed by atoms with Crippen molar-refractivity contribution in [1.82, 2.24) is 0 Å². The molecule has 0 spiro atoms. The van der Waals surface area contributed by atoms with Gasteiger partial charge in [0.25, 0.3) is 0 Å². The van der Waals surface area contributed by atoms with Crippen molar-refractivity contribution < 1.29 is 30.0 Å². The van der Waals surface area contributed by atoms with Crippen LogP contribution >= 0.6 is 0 Å². The van der Waals surface area contributed by atoms with Crippen LogP contribution in [0.2, 0.25) is 0 Å². The van der Waals surface area contributed by atoms with Crippen molar-refractivity contribution in [3.05, 3.63) is 0 Å². The zero-order valence-electron chi connectivity index (χ0n) is 14.1. The van der Waals surface area contributed by atoms with E-state index in [2.05, 4.69) is 13.8 Å². The second kappa shape index (κ2) is 24.9. The molecule has 0 saturated heterocycles. The highest BCUT2D eigenvalue weighted by Crippen LogP contribution is 2.01. The molecule has 6 heteroatoms. The van der Waals surface area contributed by atoms with Crippen LogP contribution in [0.4, 0.5) is 0 Å². The summed E-state index contributed by atoms with van der Waals surface area (Å²) >= 11 is 0.